The van der Waals surface area contributed by atoms with Crippen molar-refractivity contribution in [2.45, 2.75) is 39.2 Å². The number of carbonyl (C=O) groups is 2. The minimum atomic E-state index is -0.513. The minimum absolute atomic E-state index is 0.0833. The molecule has 30 heavy (non-hydrogen) atoms. The van der Waals surface area contributed by atoms with Crippen LogP contribution in [0.5, 0.6) is 0 Å². The molecular formula is C20H26BrFN4O3S. The Kier molecular flexibility index (Phi) is 7.30. The third kappa shape index (κ3) is 6.36. The van der Waals surface area contributed by atoms with Crippen molar-refractivity contribution in [2.75, 3.05) is 31.5 Å². The predicted molar refractivity (Wildman–Crippen MR) is 119 cm³/mol. The van der Waals surface area contributed by atoms with Crippen LogP contribution in [0.3, 0.4) is 0 Å². The SMILES string of the molecule is CC(C)(C)OC(=O)NCCN1CCC(C(=O)Nc2nc3c(F)cc(Br)cc3s2)CC1. The lowest BCUT2D eigenvalue weighted by atomic mass is 9.96. The summed E-state index contributed by atoms with van der Waals surface area (Å²) in [6.45, 7) is 8.23. The van der Waals surface area contributed by atoms with Gasteiger partial charge in [0.05, 0.1) is 4.70 Å². The maximum absolute atomic E-state index is 14.0. The molecular weight excluding hydrogens is 475 g/mol. The number of alkyl carbamates (subject to hydrolysis) is 1. The fourth-order valence-corrected chi connectivity index (χ4v) is 4.77. The van der Waals surface area contributed by atoms with Crippen molar-refractivity contribution < 1.29 is 18.7 Å². The van der Waals surface area contributed by atoms with Crippen molar-refractivity contribution >= 4 is 54.6 Å². The molecule has 0 aliphatic carbocycles. The number of hydrogen-bond donors (Lipinski definition) is 2. The van der Waals surface area contributed by atoms with Crippen LogP contribution < -0.4 is 10.6 Å². The number of aromatic nitrogens is 1. The third-order valence-electron chi connectivity index (χ3n) is 4.70. The lowest BCUT2D eigenvalue weighted by Gasteiger charge is -2.31. The number of fused-ring (bicyclic) bond motifs is 1. The number of benzene rings is 1. The van der Waals surface area contributed by atoms with Crippen LogP contribution in [0.4, 0.5) is 14.3 Å². The second kappa shape index (κ2) is 9.57. The van der Waals surface area contributed by atoms with Crippen molar-refractivity contribution in [3.05, 3.63) is 22.4 Å². The first-order valence-electron chi connectivity index (χ1n) is 9.86. The Morgan fingerprint density at radius 3 is 2.70 bits per heavy atom. The molecule has 1 fully saturated rings. The van der Waals surface area contributed by atoms with Gasteiger partial charge in [0.2, 0.25) is 5.91 Å². The van der Waals surface area contributed by atoms with Gasteiger partial charge in [-0.15, -0.1) is 0 Å². The van der Waals surface area contributed by atoms with E-state index in [1.54, 1.807) is 6.07 Å². The molecule has 164 valence electrons. The van der Waals surface area contributed by atoms with Gasteiger partial charge < -0.3 is 20.3 Å². The number of likely N-dealkylation sites (tertiary alicyclic amines) is 1. The molecule has 3 rings (SSSR count). The second-order valence-corrected chi connectivity index (χ2v) is 10.2. The minimum Gasteiger partial charge on any atom is -0.444 e. The van der Waals surface area contributed by atoms with Crippen molar-refractivity contribution in [3.8, 4) is 0 Å². The maximum atomic E-state index is 14.0. The van der Waals surface area contributed by atoms with E-state index in [4.69, 9.17) is 4.74 Å². The quantitative estimate of drug-likeness (QED) is 0.636. The summed E-state index contributed by atoms with van der Waals surface area (Å²) in [6.07, 6.45) is 1.03. The summed E-state index contributed by atoms with van der Waals surface area (Å²) in [4.78, 5) is 30.7. The standard InChI is InChI=1S/C20H26BrFN4O3S/c1-20(2,3)29-19(28)23-6-9-26-7-4-12(5-8-26)17(27)25-18-24-16-14(22)10-13(21)11-15(16)30-18/h10-12H,4-9H2,1-3H3,(H,23,28)(H,24,25,27). The Morgan fingerprint density at radius 2 is 2.03 bits per heavy atom. The van der Waals surface area contributed by atoms with Crippen molar-refractivity contribution in [1.29, 1.82) is 0 Å². The number of nitrogens with zero attached hydrogens (tertiary/aromatic N) is 2. The molecule has 2 aromatic rings. The Balaban J connectivity index is 1.43. The van der Waals surface area contributed by atoms with Gasteiger partial charge in [0.15, 0.2) is 10.9 Å². The van der Waals surface area contributed by atoms with Gasteiger partial charge in [-0.3, -0.25) is 4.79 Å². The molecule has 1 aromatic carbocycles. The van der Waals surface area contributed by atoms with E-state index < -0.39 is 17.5 Å². The van der Waals surface area contributed by atoms with E-state index in [0.29, 0.717) is 27.4 Å². The largest absolute Gasteiger partial charge is 0.444 e. The van der Waals surface area contributed by atoms with Gasteiger partial charge in [-0.1, -0.05) is 27.3 Å². The zero-order valence-electron chi connectivity index (χ0n) is 17.3. The highest BCUT2D eigenvalue weighted by molar-refractivity contribution is 9.10. The summed E-state index contributed by atoms with van der Waals surface area (Å²) in [6, 6.07) is 3.15. The van der Waals surface area contributed by atoms with Crippen LogP contribution >= 0.6 is 27.3 Å². The molecule has 0 bridgehead atoms. The van der Waals surface area contributed by atoms with E-state index in [-0.39, 0.29) is 17.3 Å². The Bertz CT molecular complexity index is 923. The topological polar surface area (TPSA) is 83.6 Å². The zero-order chi connectivity index (χ0) is 21.9. The first kappa shape index (κ1) is 22.9. The number of nitrogens with one attached hydrogen (secondary N) is 2. The number of hydrogen-bond acceptors (Lipinski definition) is 6. The average molecular weight is 501 g/mol. The molecule has 7 nitrogen and oxygen atoms in total. The van der Waals surface area contributed by atoms with Gasteiger partial charge in [0.1, 0.15) is 11.1 Å². The fourth-order valence-electron chi connectivity index (χ4n) is 3.27. The zero-order valence-corrected chi connectivity index (χ0v) is 19.7. The number of anilines is 1. The Hall–Kier alpha value is -1.78. The van der Waals surface area contributed by atoms with Gasteiger partial charge in [-0.05, 0) is 58.8 Å². The van der Waals surface area contributed by atoms with Crippen LogP contribution in [-0.4, -0.2) is 53.7 Å². The molecule has 1 aliphatic rings. The molecule has 0 radical (unpaired) electrons. The monoisotopic (exact) mass is 500 g/mol. The number of ether oxygens (including phenoxy) is 1. The van der Waals surface area contributed by atoms with Gasteiger partial charge in [-0.2, -0.15) is 0 Å². The summed E-state index contributed by atoms with van der Waals surface area (Å²) in [7, 11) is 0. The third-order valence-corrected chi connectivity index (χ3v) is 6.07. The van der Waals surface area contributed by atoms with Gasteiger partial charge >= 0.3 is 6.09 Å². The number of amides is 2. The highest BCUT2D eigenvalue weighted by Gasteiger charge is 2.26. The molecule has 2 heterocycles. The maximum Gasteiger partial charge on any atom is 0.407 e. The van der Waals surface area contributed by atoms with E-state index in [0.717, 1.165) is 25.9 Å². The van der Waals surface area contributed by atoms with Gasteiger partial charge in [0.25, 0.3) is 0 Å². The predicted octanol–water partition coefficient (Wildman–Crippen LogP) is 4.37. The van der Waals surface area contributed by atoms with Crippen LogP contribution in [0.2, 0.25) is 0 Å². The number of thiazole rings is 1. The molecule has 0 saturated carbocycles. The first-order valence-corrected chi connectivity index (χ1v) is 11.5. The molecule has 0 spiro atoms. The lowest BCUT2D eigenvalue weighted by molar-refractivity contribution is -0.121. The van der Waals surface area contributed by atoms with Crippen LogP contribution in [0.15, 0.2) is 16.6 Å². The average Bonchev–Trinajstić information content (AvgIpc) is 3.03. The van der Waals surface area contributed by atoms with E-state index >= 15 is 0 Å². The summed E-state index contributed by atoms with van der Waals surface area (Å²) in [5, 5.41) is 6.00. The molecule has 1 saturated heterocycles. The Morgan fingerprint density at radius 1 is 1.33 bits per heavy atom. The van der Waals surface area contributed by atoms with Crippen molar-refractivity contribution in [2.24, 2.45) is 5.92 Å². The van der Waals surface area contributed by atoms with Crippen LogP contribution in [0.1, 0.15) is 33.6 Å². The Labute approximate surface area is 187 Å². The molecule has 1 aromatic heterocycles. The summed E-state index contributed by atoms with van der Waals surface area (Å²) in [5.74, 6) is -0.604. The van der Waals surface area contributed by atoms with Crippen molar-refractivity contribution in [3.63, 3.8) is 0 Å². The normalized spacial score (nSPS) is 15.9. The number of rotatable bonds is 5. The van der Waals surface area contributed by atoms with Gasteiger partial charge in [-0.25, -0.2) is 14.2 Å². The summed E-state index contributed by atoms with van der Waals surface area (Å²) in [5.41, 5.74) is -0.243. The molecule has 10 heteroatoms. The highest BCUT2D eigenvalue weighted by atomic mass is 79.9. The number of piperidine rings is 1. The summed E-state index contributed by atoms with van der Waals surface area (Å²) >= 11 is 4.53. The van der Waals surface area contributed by atoms with Crippen LogP contribution in [-0.2, 0) is 9.53 Å². The molecule has 2 amide bonds. The number of halogens is 2. The summed E-state index contributed by atoms with van der Waals surface area (Å²) < 4.78 is 20.5. The number of carbonyl (C=O) groups excluding carboxylic acids is 2. The van der Waals surface area contributed by atoms with Crippen molar-refractivity contribution in [1.82, 2.24) is 15.2 Å². The highest BCUT2D eigenvalue weighted by Crippen LogP contribution is 2.31. The van der Waals surface area contributed by atoms with Gasteiger partial charge in [0, 0.05) is 23.5 Å². The molecule has 2 N–H and O–H groups in total. The van der Waals surface area contributed by atoms with E-state index in [1.165, 1.54) is 17.4 Å². The molecule has 0 atom stereocenters. The second-order valence-electron chi connectivity index (χ2n) is 8.29. The molecule has 1 aliphatic heterocycles. The smallest absolute Gasteiger partial charge is 0.407 e. The lowest BCUT2D eigenvalue weighted by Crippen LogP contribution is -2.42. The van der Waals surface area contributed by atoms with Crippen LogP contribution in [0, 0.1) is 11.7 Å². The fraction of sp³-hybridized carbons (Fsp3) is 0.550. The van der Waals surface area contributed by atoms with E-state index in [2.05, 4.69) is 36.4 Å². The van der Waals surface area contributed by atoms with E-state index in [9.17, 15) is 14.0 Å². The van der Waals surface area contributed by atoms with Crippen LogP contribution in [0.25, 0.3) is 10.2 Å². The first-order chi connectivity index (χ1) is 14.1. The van der Waals surface area contributed by atoms with E-state index in [1.807, 2.05) is 20.8 Å². The molecule has 0 unspecified atom stereocenters.